The van der Waals surface area contributed by atoms with Gasteiger partial charge in [-0.05, 0) is 6.07 Å². The predicted octanol–water partition coefficient (Wildman–Crippen LogP) is 1.10. The zero-order valence-electron chi connectivity index (χ0n) is 10.7. The second-order valence-corrected chi connectivity index (χ2v) is 4.65. The van der Waals surface area contributed by atoms with Crippen LogP contribution in [0.4, 0.5) is 0 Å². The molecule has 1 aliphatic rings. The number of carbonyl (C=O) groups excluding carboxylic acids is 2. The largest absolute Gasteiger partial charge is 0.373 e. The van der Waals surface area contributed by atoms with Crippen LogP contribution in [0, 0.1) is 0 Å². The molecule has 19 heavy (non-hydrogen) atoms. The highest BCUT2D eigenvalue weighted by molar-refractivity contribution is 6.37. The summed E-state index contributed by atoms with van der Waals surface area (Å²) in [7, 11) is 3.50. The van der Waals surface area contributed by atoms with Crippen LogP contribution in [-0.2, 0) is 9.59 Å². The Bertz CT molecular complexity index is 725. The molecule has 0 radical (unpaired) electrons. The molecule has 96 valence electrons. The Morgan fingerprint density at radius 2 is 1.79 bits per heavy atom. The number of likely N-dealkylation sites (N-methyl/N-ethyl adjacent to an activating group) is 1. The molecule has 0 bridgehead atoms. The maximum absolute atomic E-state index is 12.0. The summed E-state index contributed by atoms with van der Waals surface area (Å²) >= 11 is 0. The van der Waals surface area contributed by atoms with Gasteiger partial charge in [-0.3, -0.25) is 14.9 Å². The Morgan fingerprint density at radius 1 is 1.05 bits per heavy atom. The van der Waals surface area contributed by atoms with Crippen molar-refractivity contribution in [2.24, 2.45) is 0 Å². The zero-order valence-corrected chi connectivity index (χ0v) is 10.7. The summed E-state index contributed by atoms with van der Waals surface area (Å²) in [6.07, 6.45) is 1.77. The number of nitrogens with one attached hydrogen (secondary N) is 2. The number of rotatable bonds is 2. The SMILES string of the molecule is CN(C)C1=C(c2c[nH]c3ccccc23)C(=O)NC1=O. The van der Waals surface area contributed by atoms with Crippen molar-refractivity contribution in [2.45, 2.75) is 0 Å². The average Bonchev–Trinajstić information content (AvgIpc) is 2.89. The van der Waals surface area contributed by atoms with E-state index in [1.807, 2.05) is 24.3 Å². The number of benzene rings is 1. The fraction of sp³-hybridized carbons (Fsp3) is 0.143. The maximum Gasteiger partial charge on any atom is 0.275 e. The number of nitrogens with zero attached hydrogens (tertiary/aromatic N) is 1. The minimum Gasteiger partial charge on any atom is -0.373 e. The Balaban J connectivity index is 2.30. The van der Waals surface area contributed by atoms with Crippen molar-refractivity contribution in [3.05, 3.63) is 41.7 Å². The van der Waals surface area contributed by atoms with E-state index in [-0.39, 0.29) is 11.8 Å². The van der Waals surface area contributed by atoms with Gasteiger partial charge in [-0.15, -0.1) is 0 Å². The lowest BCUT2D eigenvalue weighted by atomic mass is 10.0. The number of aromatic amines is 1. The normalized spacial score (nSPS) is 15.3. The van der Waals surface area contributed by atoms with Crippen molar-refractivity contribution in [3.63, 3.8) is 0 Å². The fourth-order valence-electron chi connectivity index (χ4n) is 2.40. The minimum absolute atomic E-state index is 0.349. The molecule has 1 aromatic carbocycles. The van der Waals surface area contributed by atoms with Crippen molar-refractivity contribution >= 4 is 28.3 Å². The molecule has 5 heteroatoms. The van der Waals surface area contributed by atoms with Gasteiger partial charge >= 0.3 is 0 Å². The molecular formula is C14H13N3O2. The topological polar surface area (TPSA) is 65.2 Å². The molecule has 0 unspecified atom stereocenters. The number of aromatic nitrogens is 1. The van der Waals surface area contributed by atoms with Gasteiger partial charge in [-0.1, -0.05) is 18.2 Å². The Kier molecular flexibility index (Phi) is 2.41. The van der Waals surface area contributed by atoms with Gasteiger partial charge in [0.05, 0.1) is 5.57 Å². The lowest BCUT2D eigenvalue weighted by molar-refractivity contribution is -0.124. The van der Waals surface area contributed by atoms with E-state index in [1.165, 1.54) is 0 Å². The van der Waals surface area contributed by atoms with E-state index in [2.05, 4.69) is 10.3 Å². The first-order valence-electron chi connectivity index (χ1n) is 5.93. The van der Waals surface area contributed by atoms with Crippen LogP contribution in [0.1, 0.15) is 5.56 Å². The second-order valence-electron chi connectivity index (χ2n) is 4.65. The summed E-state index contributed by atoms with van der Waals surface area (Å²) in [5, 5.41) is 3.28. The first-order valence-corrected chi connectivity index (χ1v) is 5.93. The molecule has 0 aliphatic carbocycles. The van der Waals surface area contributed by atoms with E-state index in [9.17, 15) is 9.59 Å². The molecule has 0 fully saturated rings. The number of H-pyrrole nitrogens is 1. The van der Waals surface area contributed by atoms with Crippen molar-refractivity contribution in [2.75, 3.05) is 14.1 Å². The van der Waals surface area contributed by atoms with Crippen LogP contribution >= 0.6 is 0 Å². The van der Waals surface area contributed by atoms with Crippen LogP contribution in [-0.4, -0.2) is 35.8 Å². The van der Waals surface area contributed by atoms with E-state index in [1.54, 1.807) is 25.2 Å². The summed E-state index contributed by atoms with van der Waals surface area (Å²) in [6, 6.07) is 7.69. The van der Waals surface area contributed by atoms with Gasteiger partial charge in [0.1, 0.15) is 5.70 Å². The van der Waals surface area contributed by atoms with Crippen LogP contribution in [0.2, 0.25) is 0 Å². The lowest BCUT2D eigenvalue weighted by Gasteiger charge is -2.12. The molecule has 0 saturated carbocycles. The van der Waals surface area contributed by atoms with E-state index in [0.29, 0.717) is 11.3 Å². The number of carbonyl (C=O) groups is 2. The molecule has 2 N–H and O–H groups in total. The standard InChI is InChI=1S/C14H13N3O2/c1-17(2)12-11(13(18)16-14(12)19)9-7-15-10-6-4-3-5-8(9)10/h3-7,15H,1-2H3,(H,16,18,19). The number of fused-ring (bicyclic) bond motifs is 1. The molecule has 0 saturated heterocycles. The van der Waals surface area contributed by atoms with Gasteiger partial charge in [-0.2, -0.15) is 0 Å². The fourth-order valence-corrected chi connectivity index (χ4v) is 2.40. The zero-order chi connectivity index (χ0) is 13.6. The molecule has 1 aromatic heterocycles. The van der Waals surface area contributed by atoms with Crippen molar-refractivity contribution < 1.29 is 9.59 Å². The Morgan fingerprint density at radius 3 is 2.53 bits per heavy atom. The van der Waals surface area contributed by atoms with Crippen LogP contribution in [0.15, 0.2) is 36.2 Å². The van der Waals surface area contributed by atoms with E-state index < -0.39 is 0 Å². The van der Waals surface area contributed by atoms with Crippen LogP contribution in [0.5, 0.6) is 0 Å². The third-order valence-corrected chi connectivity index (χ3v) is 3.21. The molecule has 0 atom stereocenters. The maximum atomic E-state index is 12.0. The Hall–Kier alpha value is -2.56. The van der Waals surface area contributed by atoms with Crippen molar-refractivity contribution in [3.8, 4) is 0 Å². The summed E-state index contributed by atoms with van der Waals surface area (Å²) in [6.45, 7) is 0. The second kappa shape index (κ2) is 3.98. The number of hydrogen-bond donors (Lipinski definition) is 2. The Labute approximate surface area is 109 Å². The monoisotopic (exact) mass is 255 g/mol. The summed E-state index contributed by atoms with van der Waals surface area (Å²) in [4.78, 5) is 28.6. The molecule has 1 aliphatic heterocycles. The van der Waals surface area contributed by atoms with E-state index >= 15 is 0 Å². The quantitative estimate of drug-likeness (QED) is 0.790. The van der Waals surface area contributed by atoms with Gasteiger partial charge in [-0.25, -0.2) is 0 Å². The molecular weight excluding hydrogens is 242 g/mol. The third-order valence-electron chi connectivity index (χ3n) is 3.21. The molecule has 0 spiro atoms. The molecule has 2 heterocycles. The average molecular weight is 255 g/mol. The number of hydrogen-bond acceptors (Lipinski definition) is 3. The summed E-state index contributed by atoms with van der Waals surface area (Å²) in [5.74, 6) is -0.700. The van der Waals surface area contributed by atoms with Gasteiger partial charge < -0.3 is 9.88 Å². The van der Waals surface area contributed by atoms with Crippen LogP contribution < -0.4 is 5.32 Å². The highest BCUT2D eigenvalue weighted by Gasteiger charge is 2.33. The van der Waals surface area contributed by atoms with Crippen LogP contribution in [0.25, 0.3) is 16.5 Å². The van der Waals surface area contributed by atoms with Gasteiger partial charge in [0, 0.05) is 36.8 Å². The van der Waals surface area contributed by atoms with Crippen molar-refractivity contribution in [1.82, 2.24) is 15.2 Å². The molecule has 2 aromatic rings. The minimum atomic E-state index is -0.352. The highest BCUT2D eigenvalue weighted by atomic mass is 16.2. The summed E-state index contributed by atoms with van der Waals surface area (Å²) in [5.41, 5.74) is 2.51. The molecule has 3 rings (SSSR count). The lowest BCUT2D eigenvalue weighted by Crippen LogP contribution is -2.26. The predicted molar refractivity (Wildman–Crippen MR) is 72.1 cm³/mol. The first-order chi connectivity index (χ1) is 9.09. The van der Waals surface area contributed by atoms with Crippen LogP contribution in [0.3, 0.4) is 0 Å². The van der Waals surface area contributed by atoms with E-state index in [0.717, 1.165) is 16.5 Å². The third kappa shape index (κ3) is 1.62. The smallest absolute Gasteiger partial charge is 0.275 e. The van der Waals surface area contributed by atoms with Crippen molar-refractivity contribution in [1.29, 1.82) is 0 Å². The van der Waals surface area contributed by atoms with E-state index in [4.69, 9.17) is 0 Å². The molecule has 5 nitrogen and oxygen atoms in total. The van der Waals surface area contributed by atoms with Gasteiger partial charge in [0.25, 0.3) is 11.8 Å². The first kappa shape index (κ1) is 11.5. The number of amides is 2. The van der Waals surface area contributed by atoms with Gasteiger partial charge in [0.2, 0.25) is 0 Å². The number of para-hydroxylation sites is 1. The highest BCUT2D eigenvalue weighted by Crippen LogP contribution is 2.30. The van der Waals surface area contributed by atoms with Gasteiger partial charge in [0.15, 0.2) is 0 Å². The summed E-state index contributed by atoms with van der Waals surface area (Å²) < 4.78 is 0. The molecule has 2 amide bonds. The number of imide groups is 1.